The third kappa shape index (κ3) is 4.50. The van der Waals surface area contributed by atoms with Crippen molar-refractivity contribution < 1.29 is 23.4 Å². The van der Waals surface area contributed by atoms with Crippen LogP contribution in [-0.4, -0.2) is 21.7 Å². The highest BCUT2D eigenvalue weighted by molar-refractivity contribution is 5.69. The number of carbonyl (C=O) groups is 1. The second kappa shape index (κ2) is 7.87. The topological polar surface area (TPSA) is 49.8 Å². The fourth-order valence-electron chi connectivity index (χ4n) is 3.53. The van der Waals surface area contributed by atoms with Crippen molar-refractivity contribution in [1.29, 1.82) is 0 Å². The number of nitrogens with zero attached hydrogens (tertiary/aromatic N) is 1. The van der Waals surface area contributed by atoms with Crippen LogP contribution in [0.15, 0.2) is 36.4 Å². The molecule has 0 radical (unpaired) electrons. The van der Waals surface area contributed by atoms with Crippen molar-refractivity contribution in [3.05, 3.63) is 70.3 Å². The van der Waals surface area contributed by atoms with E-state index in [4.69, 9.17) is 4.74 Å². The molecule has 0 aliphatic heterocycles. The number of rotatable bonds is 4. The molecule has 1 unspecified atom stereocenters. The van der Waals surface area contributed by atoms with Crippen LogP contribution in [0, 0.1) is 11.6 Å². The highest BCUT2D eigenvalue weighted by atomic mass is 19.2. The van der Waals surface area contributed by atoms with Gasteiger partial charge in [-0.25, -0.2) is 13.6 Å². The maximum Gasteiger partial charge on any atom is 0.411 e. The molecule has 28 heavy (non-hydrogen) atoms. The lowest BCUT2D eigenvalue weighted by atomic mass is 10.0. The second-order valence-electron chi connectivity index (χ2n) is 8.10. The summed E-state index contributed by atoms with van der Waals surface area (Å²) in [5.74, 6) is -1.86. The molecule has 1 N–H and O–H groups in total. The Bertz CT molecular complexity index is 877. The van der Waals surface area contributed by atoms with Crippen molar-refractivity contribution >= 4 is 6.09 Å². The monoisotopic (exact) mass is 389 g/mol. The van der Waals surface area contributed by atoms with Crippen molar-refractivity contribution in [3.63, 3.8) is 0 Å². The number of aliphatic hydroxyl groups excluding tert-OH is 1. The number of carbonyl (C=O) groups excluding carboxylic acids is 1. The van der Waals surface area contributed by atoms with Gasteiger partial charge in [0.15, 0.2) is 11.6 Å². The Morgan fingerprint density at radius 3 is 2.50 bits per heavy atom. The van der Waals surface area contributed by atoms with E-state index in [9.17, 15) is 18.7 Å². The van der Waals surface area contributed by atoms with Gasteiger partial charge in [0.2, 0.25) is 0 Å². The summed E-state index contributed by atoms with van der Waals surface area (Å²) < 4.78 is 32.5. The van der Waals surface area contributed by atoms with Gasteiger partial charge in [-0.2, -0.15) is 0 Å². The molecule has 4 nitrogen and oxygen atoms in total. The van der Waals surface area contributed by atoms with Crippen LogP contribution in [0.4, 0.5) is 13.6 Å². The maximum atomic E-state index is 13.7. The third-order valence-corrected chi connectivity index (χ3v) is 4.78. The Morgan fingerprint density at radius 2 is 1.86 bits per heavy atom. The molecule has 0 aromatic heterocycles. The molecule has 6 heteroatoms. The molecule has 0 bridgehead atoms. The molecule has 2 aromatic rings. The molecular formula is C22H25F2NO3. The molecular weight excluding hydrogens is 364 g/mol. The lowest BCUT2D eigenvalue weighted by molar-refractivity contribution is 0.0136. The van der Waals surface area contributed by atoms with Gasteiger partial charge < -0.3 is 9.84 Å². The van der Waals surface area contributed by atoms with Gasteiger partial charge >= 0.3 is 6.09 Å². The van der Waals surface area contributed by atoms with Gasteiger partial charge in [-0.05, 0) is 68.0 Å². The number of ether oxygens (including phenoxy) is 1. The van der Waals surface area contributed by atoms with Crippen molar-refractivity contribution in [2.75, 3.05) is 0 Å². The number of hydrogen-bond acceptors (Lipinski definition) is 3. The van der Waals surface area contributed by atoms with Gasteiger partial charge in [0, 0.05) is 6.54 Å². The number of aliphatic hydroxyl groups is 1. The minimum absolute atomic E-state index is 0.0391. The Hall–Kier alpha value is -2.47. The summed E-state index contributed by atoms with van der Waals surface area (Å²) in [7, 11) is 0. The minimum atomic E-state index is -0.943. The summed E-state index contributed by atoms with van der Waals surface area (Å²) in [4.78, 5) is 14.5. The van der Waals surface area contributed by atoms with Crippen LogP contribution in [0.1, 0.15) is 55.5 Å². The van der Waals surface area contributed by atoms with Crippen LogP contribution in [0.2, 0.25) is 0 Å². The molecule has 1 aliphatic rings. The van der Waals surface area contributed by atoms with E-state index >= 15 is 0 Å². The van der Waals surface area contributed by atoms with E-state index in [0.717, 1.165) is 35.2 Å². The zero-order valence-electron chi connectivity index (χ0n) is 16.3. The number of hydrogen-bond donors (Lipinski definition) is 1. The van der Waals surface area contributed by atoms with Gasteiger partial charge in [-0.15, -0.1) is 0 Å². The first-order chi connectivity index (χ1) is 13.2. The van der Waals surface area contributed by atoms with Crippen LogP contribution in [-0.2, 0) is 24.3 Å². The molecule has 0 heterocycles. The molecule has 0 fully saturated rings. The molecule has 0 saturated heterocycles. The van der Waals surface area contributed by atoms with Crippen LogP contribution >= 0.6 is 0 Å². The van der Waals surface area contributed by atoms with Crippen molar-refractivity contribution in [1.82, 2.24) is 4.90 Å². The summed E-state index contributed by atoms with van der Waals surface area (Å²) in [5.41, 5.74) is 2.71. The normalized spacial score (nSPS) is 16.0. The maximum absolute atomic E-state index is 13.7. The van der Waals surface area contributed by atoms with Crippen molar-refractivity contribution in [3.8, 4) is 0 Å². The molecule has 1 amide bonds. The van der Waals surface area contributed by atoms with Gasteiger partial charge in [0.1, 0.15) is 5.60 Å². The average Bonchev–Trinajstić information content (AvgIpc) is 3.03. The number of fused-ring (bicyclic) bond motifs is 1. The molecule has 1 aliphatic carbocycles. The largest absolute Gasteiger partial charge is 0.444 e. The molecule has 0 spiro atoms. The zero-order chi connectivity index (χ0) is 20.5. The quantitative estimate of drug-likeness (QED) is 0.811. The standard InChI is InChI=1S/C22H25F2NO3/c1-22(2,3)28-21(27)25(12-14-5-8-18(23)19(24)11-14)20-9-6-16-10-15(13-26)4-7-17(16)20/h4-5,7-8,10-11,20,26H,6,9,12-13H2,1-3H3. The fourth-order valence-corrected chi connectivity index (χ4v) is 3.53. The van der Waals surface area contributed by atoms with Crippen molar-refractivity contribution in [2.24, 2.45) is 0 Å². The van der Waals surface area contributed by atoms with Gasteiger partial charge in [0.25, 0.3) is 0 Å². The van der Waals surface area contributed by atoms with Crippen LogP contribution in [0.25, 0.3) is 0 Å². The zero-order valence-corrected chi connectivity index (χ0v) is 16.3. The van der Waals surface area contributed by atoms with E-state index in [1.54, 1.807) is 25.7 Å². The first-order valence-corrected chi connectivity index (χ1v) is 9.34. The van der Waals surface area contributed by atoms with E-state index in [-0.39, 0.29) is 19.2 Å². The molecule has 150 valence electrons. The van der Waals surface area contributed by atoms with Crippen LogP contribution in [0.3, 0.4) is 0 Å². The Kier molecular flexibility index (Phi) is 5.70. The molecule has 0 saturated carbocycles. The highest BCUT2D eigenvalue weighted by Crippen LogP contribution is 2.38. The summed E-state index contributed by atoms with van der Waals surface area (Å²) in [6.45, 7) is 5.44. The lowest BCUT2D eigenvalue weighted by Gasteiger charge is -2.32. The van der Waals surface area contributed by atoms with E-state index < -0.39 is 23.3 Å². The smallest absolute Gasteiger partial charge is 0.411 e. The third-order valence-electron chi connectivity index (χ3n) is 4.78. The SMILES string of the molecule is CC(C)(C)OC(=O)N(Cc1ccc(F)c(F)c1)C1CCc2cc(CO)ccc21. The number of halogens is 2. The summed E-state index contributed by atoms with van der Waals surface area (Å²) >= 11 is 0. The predicted molar refractivity (Wildman–Crippen MR) is 102 cm³/mol. The Labute approximate surface area is 163 Å². The van der Waals surface area contributed by atoms with Gasteiger partial charge in [0.05, 0.1) is 12.6 Å². The van der Waals surface area contributed by atoms with Crippen LogP contribution < -0.4 is 0 Å². The minimum Gasteiger partial charge on any atom is -0.444 e. The summed E-state index contributed by atoms with van der Waals surface area (Å²) in [6, 6.07) is 9.11. The first kappa shape index (κ1) is 20.3. The van der Waals surface area contributed by atoms with E-state index in [0.29, 0.717) is 12.0 Å². The number of benzene rings is 2. The predicted octanol–water partition coefficient (Wildman–Crippen LogP) is 4.88. The Morgan fingerprint density at radius 1 is 1.14 bits per heavy atom. The Balaban J connectivity index is 1.93. The highest BCUT2D eigenvalue weighted by Gasteiger charge is 2.34. The second-order valence-corrected chi connectivity index (χ2v) is 8.10. The number of aryl methyl sites for hydroxylation is 1. The van der Waals surface area contributed by atoms with E-state index in [1.807, 2.05) is 18.2 Å². The summed E-state index contributed by atoms with van der Waals surface area (Å²) in [5, 5.41) is 9.35. The van der Waals surface area contributed by atoms with Gasteiger partial charge in [-0.1, -0.05) is 24.3 Å². The molecule has 1 atom stereocenters. The summed E-state index contributed by atoms with van der Waals surface area (Å²) in [6.07, 6.45) is 0.972. The molecule has 3 rings (SSSR count). The lowest BCUT2D eigenvalue weighted by Crippen LogP contribution is -2.38. The number of amides is 1. The van der Waals surface area contributed by atoms with E-state index in [1.165, 1.54) is 6.07 Å². The first-order valence-electron chi connectivity index (χ1n) is 9.34. The fraction of sp³-hybridized carbons (Fsp3) is 0.409. The van der Waals surface area contributed by atoms with Crippen molar-refractivity contribution in [2.45, 2.75) is 58.4 Å². The van der Waals surface area contributed by atoms with E-state index in [2.05, 4.69) is 0 Å². The van der Waals surface area contributed by atoms with Gasteiger partial charge in [-0.3, -0.25) is 4.90 Å². The van der Waals surface area contributed by atoms with Crippen LogP contribution in [0.5, 0.6) is 0 Å². The average molecular weight is 389 g/mol. The molecule has 2 aromatic carbocycles.